The van der Waals surface area contributed by atoms with Gasteiger partial charge in [0, 0.05) is 6.04 Å². The van der Waals surface area contributed by atoms with E-state index in [0.717, 1.165) is 25.8 Å². The molecule has 1 aromatic carbocycles. The second-order valence-corrected chi connectivity index (χ2v) is 7.53. The number of piperidine rings is 1. The van der Waals surface area contributed by atoms with E-state index in [0.29, 0.717) is 10.6 Å². The van der Waals surface area contributed by atoms with Gasteiger partial charge in [-0.15, -0.1) is 0 Å². The van der Waals surface area contributed by atoms with Crippen LogP contribution in [0.25, 0.3) is 0 Å². The van der Waals surface area contributed by atoms with E-state index in [-0.39, 0.29) is 12.6 Å². The molecule has 5 nitrogen and oxygen atoms in total. The summed E-state index contributed by atoms with van der Waals surface area (Å²) in [5.74, 6) is 0.499. The molecule has 1 N–H and O–H groups in total. The number of hydrogen-bond acceptors (Lipinski definition) is 5. The molecule has 0 radical (unpaired) electrons. The third kappa shape index (κ3) is 3.74. The highest BCUT2D eigenvalue weighted by molar-refractivity contribution is 7.92. The lowest BCUT2D eigenvalue weighted by molar-refractivity contribution is 0.368. The van der Waals surface area contributed by atoms with E-state index in [1.54, 1.807) is 31.2 Å². The van der Waals surface area contributed by atoms with Crippen molar-refractivity contribution < 1.29 is 13.2 Å². The number of nitrogens with one attached hydrogen (secondary N) is 1. The van der Waals surface area contributed by atoms with Gasteiger partial charge in [0.2, 0.25) is 0 Å². The highest BCUT2D eigenvalue weighted by Gasteiger charge is 2.31. The van der Waals surface area contributed by atoms with Crippen LogP contribution in [-0.2, 0) is 9.84 Å². The lowest BCUT2D eigenvalue weighted by Gasteiger charge is -2.28. The van der Waals surface area contributed by atoms with Gasteiger partial charge in [0.1, 0.15) is 11.8 Å². The Bertz CT molecular complexity index is 599. The van der Waals surface area contributed by atoms with Gasteiger partial charge in [0.15, 0.2) is 16.4 Å². The molecule has 1 saturated heterocycles. The van der Waals surface area contributed by atoms with Crippen molar-refractivity contribution in [1.29, 1.82) is 5.26 Å². The number of nitrogens with zero attached hydrogens (tertiary/aromatic N) is 1. The zero-order chi connectivity index (χ0) is 15.3. The van der Waals surface area contributed by atoms with Crippen molar-refractivity contribution in [2.75, 3.05) is 13.2 Å². The summed E-state index contributed by atoms with van der Waals surface area (Å²) in [6.07, 6.45) is 3.07. The van der Waals surface area contributed by atoms with Gasteiger partial charge >= 0.3 is 0 Å². The van der Waals surface area contributed by atoms with E-state index in [4.69, 9.17) is 10.00 Å². The molecule has 2 atom stereocenters. The van der Waals surface area contributed by atoms with Crippen LogP contribution >= 0.6 is 0 Å². The summed E-state index contributed by atoms with van der Waals surface area (Å²) >= 11 is 0. The van der Waals surface area contributed by atoms with Crippen molar-refractivity contribution in [3.63, 3.8) is 0 Å². The Balaban J connectivity index is 2.13. The summed E-state index contributed by atoms with van der Waals surface area (Å²) in [7, 11) is -3.36. The summed E-state index contributed by atoms with van der Waals surface area (Å²) in [5.41, 5.74) is 0. The van der Waals surface area contributed by atoms with Crippen LogP contribution in [0.2, 0.25) is 0 Å². The number of nitriles is 1. The summed E-state index contributed by atoms with van der Waals surface area (Å²) in [5, 5.41) is 11.3. The topological polar surface area (TPSA) is 79.2 Å². The van der Waals surface area contributed by atoms with Gasteiger partial charge in [-0.25, -0.2) is 8.42 Å². The molecule has 6 heteroatoms. The first-order valence-electron chi connectivity index (χ1n) is 7.13. The minimum Gasteiger partial charge on any atom is -0.479 e. The summed E-state index contributed by atoms with van der Waals surface area (Å²) in [6, 6.07) is 8.15. The second kappa shape index (κ2) is 6.92. The number of rotatable bonds is 5. The molecule has 1 aromatic rings. The highest BCUT2D eigenvalue weighted by atomic mass is 32.2. The van der Waals surface area contributed by atoms with Crippen LogP contribution in [0.1, 0.15) is 26.2 Å². The lowest BCUT2D eigenvalue weighted by atomic mass is 10.0. The van der Waals surface area contributed by atoms with Crippen molar-refractivity contribution >= 4 is 9.84 Å². The highest BCUT2D eigenvalue weighted by Crippen LogP contribution is 2.24. The number of ether oxygens (including phenoxy) is 1. The lowest BCUT2D eigenvalue weighted by Crippen LogP contribution is -2.45. The molecule has 0 spiro atoms. The van der Waals surface area contributed by atoms with E-state index in [2.05, 4.69) is 5.32 Å². The summed E-state index contributed by atoms with van der Waals surface area (Å²) < 4.78 is 30.4. The van der Waals surface area contributed by atoms with E-state index >= 15 is 0 Å². The predicted octanol–water partition coefficient (Wildman–Crippen LogP) is 1.89. The van der Waals surface area contributed by atoms with E-state index in [1.807, 2.05) is 6.07 Å². The predicted molar refractivity (Wildman–Crippen MR) is 79.8 cm³/mol. The third-order valence-electron chi connectivity index (χ3n) is 3.86. The fourth-order valence-electron chi connectivity index (χ4n) is 2.55. The average molecular weight is 308 g/mol. The molecular formula is C15H20N2O3S. The Morgan fingerprint density at radius 1 is 1.38 bits per heavy atom. The van der Waals surface area contributed by atoms with Crippen LogP contribution < -0.4 is 10.1 Å². The van der Waals surface area contributed by atoms with E-state index < -0.39 is 15.1 Å². The summed E-state index contributed by atoms with van der Waals surface area (Å²) in [6.45, 7) is 2.60. The largest absolute Gasteiger partial charge is 0.479 e. The van der Waals surface area contributed by atoms with Crippen LogP contribution in [-0.4, -0.2) is 32.9 Å². The Kier molecular flexibility index (Phi) is 5.21. The van der Waals surface area contributed by atoms with Gasteiger partial charge in [-0.3, -0.25) is 0 Å². The average Bonchev–Trinajstić information content (AvgIpc) is 2.53. The second-order valence-electron chi connectivity index (χ2n) is 5.22. The van der Waals surface area contributed by atoms with Crippen molar-refractivity contribution in [3.05, 3.63) is 24.3 Å². The third-order valence-corrected chi connectivity index (χ3v) is 6.10. The Morgan fingerprint density at radius 3 is 2.67 bits per heavy atom. The SMILES string of the molecule is CC(C1CCCCN1)S(=O)(=O)c1ccc(OCC#N)cc1. The molecule has 1 heterocycles. The van der Waals surface area contributed by atoms with Crippen LogP contribution in [0.15, 0.2) is 29.2 Å². The van der Waals surface area contributed by atoms with Crippen LogP contribution in [0, 0.1) is 11.3 Å². The van der Waals surface area contributed by atoms with Crippen molar-refractivity contribution in [2.24, 2.45) is 0 Å². The van der Waals surface area contributed by atoms with Gasteiger partial charge < -0.3 is 10.1 Å². The van der Waals surface area contributed by atoms with Gasteiger partial charge in [-0.2, -0.15) is 5.26 Å². The molecule has 0 amide bonds. The van der Waals surface area contributed by atoms with Gasteiger partial charge in [0.25, 0.3) is 0 Å². The quantitative estimate of drug-likeness (QED) is 0.898. The molecule has 21 heavy (non-hydrogen) atoms. The monoisotopic (exact) mass is 308 g/mol. The maximum absolute atomic E-state index is 12.6. The van der Waals surface area contributed by atoms with Crippen LogP contribution in [0.3, 0.4) is 0 Å². The first kappa shape index (κ1) is 15.8. The molecule has 1 aliphatic heterocycles. The molecule has 0 saturated carbocycles. The molecular weight excluding hydrogens is 288 g/mol. The maximum Gasteiger partial charge on any atom is 0.182 e. The van der Waals surface area contributed by atoms with Crippen molar-refractivity contribution in [3.8, 4) is 11.8 Å². The molecule has 1 fully saturated rings. The van der Waals surface area contributed by atoms with Gasteiger partial charge in [0.05, 0.1) is 10.1 Å². The minimum atomic E-state index is -3.36. The number of hydrogen-bond donors (Lipinski definition) is 1. The Labute approximate surface area is 125 Å². The normalized spacial score (nSPS) is 20.5. The first-order valence-corrected chi connectivity index (χ1v) is 8.67. The number of benzene rings is 1. The Hall–Kier alpha value is -1.58. The fourth-order valence-corrected chi connectivity index (χ4v) is 4.16. The molecule has 0 aliphatic carbocycles. The van der Waals surface area contributed by atoms with Crippen LogP contribution in [0.4, 0.5) is 0 Å². The minimum absolute atomic E-state index is 0.0123. The van der Waals surface area contributed by atoms with Crippen molar-refractivity contribution in [1.82, 2.24) is 5.32 Å². The maximum atomic E-state index is 12.6. The van der Waals surface area contributed by atoms with Crippen molar-refractivity contribution in [2.45, 2.75) is 42.4 Å². The molecule has 0 bridgehead atoms. The molecule has 2 unspecified atom stereocenters. The fraction of sp³-hybridized carbons (Fsp3) is 0.533. The molecule has 1 aliphatic rings. The molecule has 2 rings (SSSR count). The first-order chi connectivity index (χ1) is 10.1. The van der Waals surface area contributed by atoms with Gasteiger partial charge in [-0.1, -0.05) is 6.42 Å². The zero-order valence-electron chi connectivity index (χ0n) is 12.1. The molecule has 114 valence electrons. The van der Waals surface area contributed by atoms with Crippen LogP contribution in [0.5, 0.6) is 5.75 Å². The zero-order valence-corrected chi connectivity index (χ0v) is 12.9. The van der Waals surface area contributed by atoms with Gasteiger partial charge in [-0.05, 0) is 50.6 Å². The number of sulfone groups is 1. The Morgan fingerprint density at radius 2 is 2.10 bits per heavy atom. The molecule has 0 aromatic heterocycles. The standard InChI is InChI=1S/C15H20N2O3S/c1-12(15-4-2-3-10-17-15)21(18,19)14-7-5-13(6-8-14)20-11-9-16/h5-8,12,15,17H,2-4,10-11H2,1H3. The smallest absolute Gasteiger partial charge is 0.182 e. The summed E-state index contributed by atoms with van der Waals surface area (Å²) in [4.78, 5) is 0.298. The van der Waals surface area contributed by atoms with E-state index in [9.17, 15) is 8.42 Å². The van der Waals surface area contributed by atoms with E-state index in [1.165, 1.54) is 0 Å².